The van der Waals surface area contributed by atoms with E-state index in [-0.39, 0.29) is 5.54 Å². The molecule has 4 heteroatoms. The van der Waals surface area contributed by atoms with Crippen LogP contribution in [0.2, 0.25) is 0 Å². The van der Waals surface area contributed by atoms with Crippen molar-refractivity contribution in [3.05, 3.63) is 0 Å². The van der Waals surface area contributed by atoms with E-state index in [1.165, 1.54) is 12.8 Å². The maximum absolute atomic E-state index is 6.41. The van der Waals surface area contributed by atoms with E-state index < -0.39 is 0 Å². The fourth-order valence-corrected chi connectivity index (χ4v) is 2.08. The summed E-state index contributed by atoms with van der Waals surface area (Å²) >= 11 is 0. The predicted octanol–water partition coefficient (Wildman–Crippen LogP) is 0.681. The van der Waals surface area contributed by atoms with E-state index in [4.69, 9.17) is 22.9 Å². The van der Waals surface area contributed by atoms with Crippen LogP contribution in [0.4, 0.5) is 0 Å². The molecule has 0 radical (unpaired) electrons. The zero-order chi connectivity index (χ0) is 12.3. The third kappa shape index (κ3) is 8.05. The molecule has 0 unspecified atom stereocenters. The Kier molecular flexibility index (Phi) is 9.92. The van der Waals surface area contributed by atoms with Gasteiger partial charge in [0.15, 0.2) is 0 Å². The van der Waals surface area contributed by atoms with Gasteiger partial charge in [-0.15, -0.1) is 0 Å². The summed E-state index contributed by atoms with van der Waals surface area (Å²) in [5.74, 6) is 0. The molecule has 98 valence electrons. The molecule has 0 atom stereocenters. The van der Waals surface area contributed by atoms with Crippen LogP contribution in [0.15, 0.2) is 0 Å². The van der Waals surface area contributed by atoms with E-state index in [9.17, 15) is 0 Å². The van der Waals surface area contributed by atoms with Crippen molar-refractivity contribution in [2.45, 2.75) is 56.9 Å². The van der Waals surface area contributed by atoms with Gasteiger partial charge in [0.2, 0.25) is 0 Å². The highest BCUT2D eigenvalue weighted by Gasteiger charge is 2.22. The first-order valence-corrected chi connectivity index (χ1v) is 6.57. The number of nitrogens with two attached hydrogens (primary N) is 4. The van der Waals surface area contributed by atoms with Crippen LogP contribution in [0.1, 0.15) is 51.4 Å². The molecule has 0 spiro atoms. The lowest BCUT2D eigenvalue weighted by molar-refractivity contribution is 0.315. The molecule has 0 saturated heterocycles. The summed E-state index contributed by atoms with van der Waals surface area (Å²) in [5, 5.41) is 0. The molecule has 0 fully saturated rings. The highest BCUT2D eigenvalue weighted by atomic mass is 14.7. The maximum Gasteiger partial charge on any atom is 0.0155 e. The lowest BCUT2D eigenvalue weighted by atomic mass is 9.84. The Hall–Kier alpha value is -0.160. The fourth-order valence-electron chi connectivity index (χ4n) is 2.08. The van der Waals surface area contributed by atoms with Crippen LogP contribution in [-0.4, -0.2) is 25.2 Å². The predicted molar refractivity (Wildman–Crippen MR) is 71.0 cm³/mol. The van der Waals surface area contributed by atoms with Gasteiger partial charge in [-0.1, -0.05) is 12.8 Å². The molecule has 0 aromatic heterocycles. The van der Waals surface area contributed by atoms with Crippen LogP contribution in [0.5, 0.6) is 0 Å². The van der Waals surface area contributed by atoms with Gasteiger partial charge >= 0.3 is 0 Å². The summed E-state index contributed by atoms with van der Waals surface area (Å²) < 4.78 is 0. The van der Waals surface area contributed by atoms with Crippen LogP contribution in [0, 0.1) is 0 Å². The van der Waals surface area contributed by atoms with E-state index in [0.717, 1.165) is 58.2 Å². The van der Waals surface area contributed by atoms with E-state index >= 15 is 0 Å². The standard InChI is InChI=1S/C12H30N4/c13-9-3-1-2-6-12(16,7-4-10-14)8-5-11-15/h1-11,13-16H2. The average molecular weight is 230 g/mol. The highest BCUT2D eigenvalue weighted by molar-refractivity contribution is 4.84. The van der Waals surface area contributed by atoms with E-state index in [1.54, 1.807) is 0 Å². The Labute approximate surface area is 100 Å². The summed E-state index contributed by atoms with van der Waals surface area (Å²) in [6, 6.07) is 0. The normalized spacial score (nSPS) is 12.0. The van der Waals surface area contributed by atoms with Crippen molar-refractivity contribution in [2.24, 2.45) is 22.9 Å². The second kappa shape index (κ2) is 10.0. The van der Waals surface area contributed by atoms with E-state index in [2.05, 4.69) is 0 Å². The van der Waals surface area contributed by atoms with Gasteiger partial charge in [0.05, 0.1) is 0 Å². The molecule has 0 bridgehead atoms. The molecule has 0 aliphatic heterocycles. The first-order valence-electron chi connectivity index (χ1n) is 6.57. The number of hydrogen-bond donors (Lipinski definition) is 4. The summed E-state index contributed by atoms with van der Waals surface area (Å²) in [6.45, 7) is 2.23. The van der Waals surface area contributed by atoms with Crippen LogP contribution in [-0.2, 0) is 0 Å². The van der Waals surface area contributed by atoms with E-state index in [0.29, 0.717) is 0 Å². The zero-order valence-corrected chi connectivity index (χ0v) is 10.6. The summed E-state index contributed by atoms with van der Waals surface area (Å²) in [6.07, 6.45) is 8.59. The van der Waals surface area contributed by atoms with Crippen LogP contribution in [0.25, 0.3) is 0 Å². The summed E-state index contributed by atoms with van der Waals surface area (Å²) in [5.41, 5.74) is 22.9. The molecule has 0 heterocycles. The zero-order valence-electron chi connectivity index (χ0n) is 10.6. The topological polar surface area (TPSA) is 104 Å². The maximum atomic E-state index is 6.41. The van der Waals surface area contributed by atoms with Gasteiger partial charge in [-0.2, -0.15) is 0 Å². The molecule has 0 aromatic rings. The van der Waals surface area contributed by atoms with Gasteiger partial charge in [-0.25, -0.2) is 0 Å². The number of unbranched alkanes of at least 4 members (excludes halogenated alkanes) is 2. The minimum Gasteiger partial charge on any atom is -0.330 e. The van der Waals surface area contributed by atoms with Crippen LogP contribution < -0.4 is 22.9 Å². The quantitative estimate of drug-likeness (QED) is 0.392. The lowest BCUT2D eigenvalue weighted by Gasteiger charge is -2.29. The number of hydrogen-bond acceptors (Lipinski definition) is 4. The molecule has 0 amide bonds. The van der Waals surface area contributed by atoms with Crippen molar-refractivity contribution in [2.75, 3.05) is 19.6 Å². The van der Waals surface area contributed by atoms with Gasteiger partial charge in [-0.05, 0) is 58.2 Å². The Morgan fingerprint density at radius 3 is 1.44 bits per heavy atom. The second-order valence-electron chi connectivity index (χ2n) is 4.75. The van der Waals surface area contributed by atoms with Gasteiger partial charge in [0, 0.05) is 5.54 Å². The largest absolute Gasteiger partial charge is 0.330 e. The minimum absolute atomic E-state index is 0.0483. The van der Waals surface area contributed by atoms with Crippen molar-refractivity contribution in [3.63, 3.8) is 0 Å². The Balaban J connectivity index is 3.86. The third-order valence-electron chi connectivity index (χ3n) is 3.14. The first-order chi connectivity index (χ1) is 7.68. The molecule has 0 rings (SSSR count). The molecule has 0 aliphatic carbocycles. The van der Waals surface area contributed by atoms with Gasteiger partial charge in [0.1, 0.15) is 0 Å². The molecule has 4 nitrogen and oxygen atoms in total. The molecular weight excluding hydrogens is 200 g/mol. The Morgan fingerprint density at radius 2 is 1.00 bits per heavy atom. The summed E-state index contributed by atoms with van der Waals surface area (Å²) in [4.78, 5) is 0. The van der Waals surface area contributed by atoms with Gasteiger partial charge in [0.25, 0.3) is 0 Å². The first kappa shape index (κ1) is 15.8. The summed E-state index contributed by atoms with van der Waals surface area (Å²) in [7, 11) is 0. The lowest BCUT2D eigenvalue weighted by Crippen LogP contribution is -2.40. The third-order valence-corrected chi connectivity index (χ3v) is 3.14. The molecule has 8 N–H and O–H groups in total. The fraction of sp³-hybridized carbons (Fsp3) is 1.00. The van der Waals surface area contributed by atoms with Crippen molar-refractivity contribution < 1.29 is 0 Å². The SMILES string of the molecule is NCCCCCC(N)(CCCN)CCCN. The molecular formula is C12H30N4. The smallest absolute Gasteiger partial charge is 0.0155 e. The van der Waals surface area contributed by atoms with Crippen molar-refractivity contribution in [1.82, 2.24) is 0 Å². The monoisotopic (exact) mass is 230 g/mol. The molecule has 0 aromatic carbocycles. The molecule has 16 heavy (non-hydrogen) atoms. The van der Waals surface area contributed by atoms with Gasteiger partial charge in [-0.3, -0.25) is 0 Å². The average Bonchev–Trinajstić information content (AvgIpc) is 2.30. The Morgan fingerprint density at radius 1 is 0.562 bits per heavy atom. The minimum atomic E-state index is -0.0483. The second-order valence-corrected chi connectivity index (χ2v) is 4.75. The molecule has 0 aliphatic rings. The van der Waals surface area contributed by atoms with Crippen molar-refractivity contribution in [3.8, 4) is 0 Å². The van der Waals surface area contributed by atoms with E-state index in [1.807, 2.05) is 0 Å². The Bertz CT molecular complexity index is 142. The number of rotatable bonds is 11. The molecule has 0 saturated carbocycles. The van der Waals surface area contributed by atoms with Crippen LogP contribution >= 0.6 is 0 Å². The van der Waals surface area contributed by atoms with Crippen LogP contribution in [0.3, 0.4) is 0 Å². The highest BCUT2D eigenvalue weighted by Crippen LogP contribution is 2.23. The van der Waals surface area contributed by atoms with Crippen molar-refractivity contribution in [1.29, 1.82) is 0 Å². The van der Waals surface area contributed by atoms with Gasteiger partial charge < -0.3 is 22.9 Å². The van der Waals surface area contributed by atoms with Crippen molar-refractivity contribution >= 4 is 0 Å².